The van der Waals surface area contributed by atoms with Gasteiger partial charge in [0.25, 0.3) is 0 Å². The molecule has 2 rings (SSSR count). The Morgan fingerprint density at radius 3 is 2.55 bits per heavy atom. The third kappa shape index (κ3) is 6.75. The first-order valence-corrected chi connectivity index (χ1v) is 9.15. The molecule has 1 fully saturated rings. The third-order valence-electron chi connectivity index (χ3n) is 4.34. The maximum absolute atomic E-state index is 14.0. The zero-order chi connectivity index (χ0) is 21.6. The van der Waals surface area contributed by atoms with E-state index in [1.807, 2.05) is 0 Å². The van der Waals surface area contributed by atoms with Crippen molar-refractivity contribution in [1.82, 2.24) is 15.5 Å². The number of nitrogens with zero attached hydrogens (tertiary/aromatic N) is 3. The van der Waals surface area contributed by atoms with E-state index in [-0.39, 0.29) is 17.7 Å². The molecule has 1 aromatic rings. The summed E-state index contributed by atoms with van der Waals surface area (Å²) >= 11 is 0. The summed E-state index contributed by atoms with van der Waals surface area (Å²) in [5.41, 5.74) is -0.0947. The van der Waals surface area contributed by atoms with Crippen molar-refractivity contribution < 1.29 is 26.7 Å². The number of rotatable bonds is 6. The fourth-order valence-corrected chi connectivity index (χ4v) is 3.01. The second kappa shape index (κ2) is 9.75. The minimum Gasteiger partial charge on any atom is -0.365 e. The number of carbonyl (C=O) groups excluding carboxylic acids is 1. The summed E-state index contributed by atoms with van der Waals surface area (Å²) in [7, 11) is 1.06. The fraction of sp³-hybridized carbons (Fsp3) is 0.556. The molecule has 6 nitrogen and oxygen atoms in total. The van der Waals surface area contributed by atoms with Gasteiger partial charge in [0.15, 0.2) is 5.96 Å². The van der Waals surface area contributed by atoms with Gasteiger partial charge >= 0.3 is 6.18 Å². The monoisotopic (exact) mass is 421 g/mol. The maximum atomic E-state index is 14.0. The Morgan fingerprint density at radius 1 is 1.31 bits per heavy atom. The number of alkyl halides is 3. The van der Waals surface area contributed by atoms with E-state index in [1.54, 1.807) is 11.8 Å². The number of guanidine groups is 1. The number of aliphatic imine (C=N–C) groups is 1. The van der Waals surface area contributed by atoms with Gasteiger partial charge in [-0.25, -0.2) is 13.8 Å². The zero-order valence-corrected chi connectivity index (χ0v) is 16.2. The van der Waals surface area contributed by atoms with Gasteiger partial charge in [-0.05, 0) is 25.5 Å². The average Bonchev–Trinajstić information content (AvgIpc) is 3.06. The summed E-state index contributed by atoms with van der Waals surface area (Å²) in [5, 5.41) is 5.97. The Morgan fingerprint density at radius 2 is 1.97 bits per heavy atom. The van der Waals surface area contributed by atoms with Crippen LogP contribution in [-0.4, -0.2) is 68.8 Å². The lowest BCUT2D eigenvalue weighted by atomic mass is 10.2. The van der Waals surface area contributed by atoms with E-state index in [0.717, 1.165) is 7.05 Å². The Kier molecular flexibility index (Phi) is 7.63. The lowest BCUT2D eigenvalue weighted by Gasteiger charge is -2.21. The maximum Gasteiger partial charge on any atom is 0.406 e. The second-order valence-electron chi connectivity index (χ2n) is 6.71. The summed E-state index contributed by atoms with van der Waals surface area (Å²) < 4.78 is 65.0. The normalized spacial score (nSPS) is 17.4. The number of hydrogen-bond donors (Lipinski definition) is 2. The van der Waals surface area contributed by atoms with Crippen molar-refractivity contribution in [3.8, 4) is 0 Å². The first-order chi connectivity index (χ1) is 13.6. The van der Waals surface area contributed by atoms with Gasteiger partial charge in [0.2, 0.25) is 5.91 Å². The highest BCUT2D eigenvalue weighted by Crippen LogP contribution is 2.26. The van der Waals surface area contributed by atoms with Crippen molar-refractivity contribution in [3.63, 3.8) is 0 Å². The van der Waals surface area contributed by atoms with Gasteiger partial charge in [0, 0.05) is 32.7 Å². The van der Waals surface area contributed by atoms with Gasteiger partial charge in [-0.1, -0.05) is 6.07 Å². The molecule has 2 N–H and O–H groups in total. The van der Waals surface area contributed by atoms with Crippen molar-refractivity contribution in [2.75, 3.05) is 44.7 Å². The molecule has 1 saturated heterocycles. The molecule has 0 radical (unpaired) electrons. The first-order valence-electron chi connectivity index (χ1n) is 9.15. The van der Waals surface area contributed by atoms with Gasteiger partial charge in [-0.2, -0.15) is 13.2 Å². The Bertz CT molecular complexity index is 720. The SMILES string of the molecule is CCNC(=NCC(=O)N(C)CC(F)(F)F)NC1CCN(c2c(F)cccc2F)C1. The van der Waals surface area contributed by atoms with E-state index in [1.165, 1.54) is 18.2 Å². The molecule has 0 aliphatic carbocycles. The van der Waals surface area contributed by atoms with Crippen LogP contribution in [0.4, 0.5) is 27.6 Å². The highest BCUT2D eigenvalue weighted by molar-refractivity contribution is 5.85. The van der Waals surface area contributed by atoms with Crippen LogP contribution in [-0.2, 0) is 4.79 Å². The van der Waals surface area contributed by atoms with Crippen LogP contribution < -0.4 is 15.5 Å². The molecule has 1 unspecified atom stereocenters. The number of para-hydroxylation sites is 1. The largest absolute Gasteiger partial charge is 0.406 e. The lowest BCUT2D eigenvalue weighted by Crippen LogP contribution is -2.45. The van der Waals surface area contributed by atoms with Crippen LogP contribution in [0, 0.1) is 11.6 Å². The summed E-state index contributed by atoms with van der Waals surface area (Å²) in [4.78, 5) is 18.0. The Hall–Kier alpha value is -2.59. The standard InChI is InChI=1S/C18H24F5N5O/c1-3-24-17(25-9-15(29)27(2)11-18(21,22)23)26-12-7-8-28(10-12)16-13(19)5-4-6-14(16)20/h4-6,12H,3,7-11H2,1-2H3,(H2,24,25,26). The highest BCUT2D eigenvalue weighted by Gasteiger charge is 2.31. The molecule has 1 atom stereocenters. The van der Waals surface area contributed by atoms with Crippen LogP contribution in [0.2, 0.25) is 0 Å². The van der Waals surface area contributed by atoms with Crippen molar-refractivity contribution >= 4 is 17.6 Å². The van der Waals surface area contributed by atoms with E-state index in [9.17, 15) is 26.7 Å². The van der Waals surface area contributed by atoms with Crippen LogP contribution >= 0.6 is 0 Å². The van der Waals surface area contributed by atoms with Crippen molar-refractivity contribution in [1.29, 1.82) is 0 Å². The number of anilines is 1. The Balaban J connectivity index is 1.97. The zero-order valence-electron chi connectivity index (χ0n) is 16.2. The van der Waals surface area contributed by atoms with Gasteiger partial charge in [-0.15, -0.1) is 0 Å². The van der Waals surface area contributed by atoms with E-state index >= 15 is 0 Å². The molecule has 1 heterocycles. The van der Waals surface area contributed by atoms with E-state index < -0.39 is 36.8 Å². The molecule has 0 saturated carbocycles. The summed E-state index contributed by atoms with van der Waals surface area (Å²) in [6, 6.07) is 3.47. The predicted molar refractivity (Wildman–Crippen MR) is 99.8 cm³/mol. The predicted octanol–water partition coefficient (Wildman–Crippen LogP) is 2.12. The van der Waals surface area contributed by atoms with E-state index in [0.29, 0.717) is 31.0 Å². The van der Waals surface area contributed by atoms with Crippen LogP contribution in [0.15, 0.2) is 23.2 Å². The minimum absolute atomic E-state index is 0.0947. The molecule has 0 aromatic heterocycles. The molecule has 1 aliphatic rings. The second-order valence-corrected chi connectivity index (χ2v) is 6.71. The summed E-state index contributed by atoms with van der Waals surface area (Å²) in [6.45, 7) is 1.19. The lowest BCUT2D eigenvalue weighted by molar-refractivity contribution is -0.157. The topological polar surface area (TPSA) is 60.0 Å². The molecule has 162 valence electrons. The number of likely N-dealkylation sites (N-methyl/N-ethyl adjacent to an activating group) is 1. The molecular formula is C18H24F5N5O. The van der Waals surface area contributed by atoms with Gasteiger partial charge in [0.05, 0.1) is 0 Å². The fourth-order valence-electron chi connectivity index (χ4n) is 3.01. The quantitative estimate of drug-likeness (QED) is 0.420. The van der Waals surface area contributed by atoms with Crippen LogP contribution in [0.3, 0.4) is 0 Å². The van der Waals surface area contributed by atoms with Crippen LogP contribution in [0.25, 0.3) is 0 Å². The molecule has 11 heteroatoms. The number of hydrogen-bond acceptors (Lipinski definition) is 3. The number of halogens is 5. The summed E-state index contributed by atoms with van der Waals surface area (Å²) in [5.74, 6) is -1.82. The molecule has 1 aromatic carbocycles. The number of amides is 1. The number of carbonyl (C=O) groups is 1. The summed E-state index contributed by atoms with van der Waals surface area (Å²) in [6.07, 6.45) is -3.91. The molecule has 1 amide bonds. The van der Waals surface area contributed by atoms with E-state index in [2.05, 4.69) is 15.6 Å². The molecule has 29 heavy (non-hydrogen) atoms. The van der Waals surface area contributed by atoms with Crippen molar-refractivity contribution in [3.05, 3.63) is 29.8 Å². The third-order valence-corrected chi connectivity index (χ3v) is 4.34. The smallest absolute Gasteiger partial charge is 0.365 e. The van der Waals surface area contributed by atoms with Crippen LogP contribution in [0.5, 0.6) is 0 Å². The van der Waals surface area contributed by atoms with Crippen molar-refractivity contribution in [2.45, 2.75) is 25.6 Å². The molecule has 0 bridgehead atoms. The minimum atomic E-state index is -4.48. The van der Waals surface area contributed by atoms with Gasteiger partial charge in [-0.3, -0.25) is 4.79 Å². The average molecular weight is 421 g/mol. The molecule has 1 aliphatic heterocycles. The van der Waals surface area contributed by atoms with Gasteiger partial charge < -0.3 is 20.4 Å². The van der Waals surface area contributed by atoms with Crippen LogP contribution in [0.1, 0.15) is 13.3 Å². The van der Waals surface area contributed by atoms with Gasteiger partial charge in [0.1, 0.15) is 30.4 Å². The molecular weight excluding hydrogens is 397 g/mol. The first kappa shape index (κ1) is 22.7. The van der Waals surface area contributed by atoms with Crippen molar-refractivity contribution in [2.24, 2.45) is 4.99 Å². The molecule has 0 spiro atoms. The van der Waals surface area contributed by atoms with E-state index in [4.69, 9.17) is 0 Å². The number of benzene rings is 1. The number of nitrogens with one attached hydrogen (secondary N) is 2. The highest BCUT2D eigenvalue weighted by atomic mass is 19.4. The Labute approximate surface area is 165 Å².